The van der Waals surface area contributed by atoms with E-state index >= 15 is 0 Å². The van der Waals surface area contributed by atoms with E-state index in [-0.39, 0.29) is 18.3 Å². The van der Waals surface area contributed by atoms with Crippen molar-refractivity contribution in [2.24, 2.45) is 11.6 Å². The summed E-state index contributed by atoms with van der Waals surface area (Å²) in [6.45, 7) is -0.0550. The van der Waals surface area contributed by atoms with Crippen molar-refractivity contribution < 1.29 is 39.4 Å². The first-order valence-corrected chi connectivity index (χ1v) is 16.1. The van der Waals surface area contributed by atoms with Crippen LogP contribution in [0.2, 0.25) is 10.0 Å². The molecule has 0 bridgehead atoms. The number of aromatic nitrogens is 1. The van der Waals surface area contributed by atoms with Crippen LogP contribution in [0.25, 0.3) is 10.9 Å². The predicted molar refractivity (Wildman–Crippen MR) is 184 cm³/mol. The lowest BCUT2D eigenvalue weighted by molar-refractivity contribution is -0.259. The molecular formula is C34H39Cl2N5O8. The van der Waals surface area contributed by atoms with E-state index in [2.05, 4.69) is 4.98 Å². The van der Waals surface area contributed by atoms with Gasteiger partial charge in [-0.25, -0.2) is 5.84 Å². The molecule has 1 amide bonds. The number of benzene rings is 3. The SMILES string of the molecule is COc1ccc(Cl)cc1.N/C(=C\N(N)C1OC(CO)C(O)C(O)C1O)COc1ccc(C2c3[nH]c4ccc(Cl)cc4c3CCN2C=O)cc1. The van der Waals surface area contributed by atoms with Crippen LogP contribution in [0.3, 0.4) is 0 Å². The second-order valence-corrected chi connectivity index (χ2v) is 12.5. The highest BCUT2D eigenvalue weighted by molar-refractivity contribution is 6.31. The fourth-order valence-corrected chi connectivity index (χ4v) is 6.16. The molecule has 1 fully saturated rings. The van der Waals surface area contributed by atoms with Crippen LogP contribution < -0.4 is 21.1 Å². The summed E-state index contributed by atoms with van der Waals surface area (Å²) in [6.07, 6.45) is -4.11. The minimum atomic E-state index is -1.57. The molecular weight excluding hydrogens is 677 g/mol. The molecule has 49 heavy (non-hydrogen) atoms. The molecule has 6 atom stereocenters. The Morgan fingerprint density at radius 2 is 1.69 bits per heavy atom. The maximum absolute atomic E-state index is 11.9. The van der Waals surface area contributed by atoms with Crippen molar-refractivity contribution in [3.63, 3.8) is 0 Å². The summed E-state index contributed by atoms with van der Waals surface area (Å²) < 4.78 is 16.1. The van der Waals surface area contributed by atoms with E-state index < -0.39 is 37.3 Å². The molecule has 6 rings (SSSR count). The van der Waals surface area contributed by atoms with E-state index in [0.29, 0.717) is 17.3 Å². The summed E-state index contributed by atoms with van der Waals surface area (Å²) in [5.41, 5.74) is 10.2. The van der Waals surface area contributed by atoms with Crippen molar-refractivity contribution in [1.82, 2.24) is 14.9 Å². The summed E-state index contributed by atoms with van der Waals surface area (Å²) in [5, 5.41) is 42.9. The number of hydrazine groups is 1. The third kappa shape index (κ3) is 8.23. The van der Waals surface area contributed by atoms with Gasteiger partial charge in [-0.1, -0.05) is 35.3 Å². The lowest BCUT2D eigenvalue weighted by Gasteiger charge is -2.42. The number of nitrogens with one attached hydrogen (secondary N) is 1. The number of nitrogens with two attached hydrogens (primary N) is 2. The smallest absolute Gasteiger partial charge is 0.210 e. The van der Waals surface area contributed by atoms with Crippen LogP contribution in [0.1, 0.15) is 22.9 Å². The standard InChI is InChI=1S/C27H32ClN5O7.C7H7ClO/c28-15-3-6-20-19(9-15)18-7-8-32(13-35)23(22(18)31-20)14-1-4-17(5-2-14)39-12-16(29)10-33(30)27-26(38)25(37)24(36)21(11-34)40-27;1-9-7-4-2-6(8)3-5-7/h1-6,9-10,13,21,23-27,31,34,36-38H,7-8,11-12,29-30H2;2-5H,1H3/b16-10-;. The zero-order valence-corrected chi connectivity index (χ0v) is 28.0. The number of hydrogen-bond donors (Lipinski definition) is 7. The number of aromatic amines is 1. The molecule has 0 spiro atoms. The molecule has 3 aromatic carbocycles. The Morgan fingerprint density at radius 1 is 1.02 bits per heavy atom. The Balaban J connectivity index is 0.000000452. The van der Waals surface area contributed by atoms with Gasteiger partial charge in [0.05, 0.1) is 25.5 Å². The van der Waals surface area contributed by atoms with Gasteiger partial charge in [0.1, 0.15) is 42.5 Å². The Kier molecular flexibility index (Phi) is 11.9. The van der Waals surface area contributed by atoms with Gasteiger partial charge in [-0.05, 0) is 72.1 Å². The Labute approximate surface area is 292 Å². The van der Waals surface area contributed by atoms with Crippen LogP contribution in [0.5, 0.6) is 11.5 Å². The molecule has 15 heteroatoms. The van der Waals surface area contributed by atoms with Gasteiger partial charge in [0.25, 0.3) is 0 Å². The monoisotopic (exact) mass is 715 g/mol. The van der Waals surface area contributed by atoms with Crippen molar-refractivity contribution in [3.05, 3.63) is 105 Å². The zero-order chi connectivity index (χ0) is 35.2. The predicted octanol–water partition coefficient (Wildman–Crippen LogP) is 2.43. The zero-order valence-electron chi connectivity index (χ0n) is 26.5. The fourth-order valence-electron chi connectivity index (χ4n) is 5.87. The minimum Gasteiger partial charge on any atom is -0.497 e. The van der Waals surface area contributed by atoms with E-state index in [4.69, 9.17) is 49.0 Å². The second kappa shape index (κ2) is 16.1. The first kappa shape index (κ1) is 36.2. The van der Waals surface area contributed by atoms with Gasteiger partial charge in [-0.2, -0.15) is 0 Å². The number of aliphatic hydroxyl groups excluding tert-OH is 4. The quantitative estimate of drug-likeness (QED) is 0.0763. The van der Waals surface area contributed by atoms with Gasteiger partial charge in [0.2, 0.25) is 6.41 Å². The van der Waals surface area contributed by atoms with Crippen LogP contribution in [-0.2, 0) is 16.0 Å². The van der Waals surface area contributed by atoms with Crippen molar-refractivity contribution in [2.75, 3.05) is 26.9 Å². The molecule has 0 radical (unpaired) electrons. The Hall–Kier alpha value is -4.05. The third-order valence-electron chi connectivity index (χ3n) is 8.39. The molecule has 0 saturated carbocycles. The fraction of sp³-hybridized carbons (Fsp3) is 0.324. The first-order chi connectivity index (χ1) is 23.5. The Bertz CT molecular complexity index is 1740. The highest BCUT2D eigenvalue weighted by Crippen LogP contribution is 2.39. The third-order valence-corrected chi connectivity index (χ3v) is 8.88. The number of ether oxygens (including phenoxy) is 3. The largest absolute Gasteiger partial charge is 0.497 e. The average Bonchev–Trinajstić information content (AvgIpc) is 3.48. The van der Waals surface area contributed by atoms with Crippen LogP contribution in [0, 0.1) is 0 Å². The van der Waals surface area contributed by atoms with E-state index in [1.54, 1.807) is 36.3 Å². The van der Waals surface area contributed by atoms with Gasteiger partial charge in [0.15, 0.2) is 6.23 Å². The molecule has 1 aromatic heterocycles. The molecule has 3 heterocycles. The summed E-state index contributed by atoms with van der Waals surface area (Å²) in [6, 6.07) is 20.0. The van der Waals surface area contributed by atoms with E-state index in [0.717, 1.165) is 56.3 Å². The molecule has 0 aliphatic carbocycles. The first-order valence-electron chi connectivity index (χ1n) is 15.4. The molecule has 1 saturated heterocycles. The van der Waals surface area contributed by atoms with Gasteiger partial charge in [0, 0.05) is 39.4 Å². The van der Waals surface area contributed by atoms with E-state index in [1.165, 1.54) is 6.20 Å². The lowest BCUT2D eigenvalue weighted by atomic mass is 9.93. The van der Waals surface area contributed by atoms with Crippen LogP contribution >= 0.6 is 23.2 Å². The number of halogens is 2. The minimum absolute atomic E-state index is 0.0543. The summed E-state index contributed by atoms with van der Waals surface area (Å²) >= 11 is 11.8. The number of hydrogen-bond acceptors (Lipinski definition) is 11. The Morgan fingerprint density at radius 3 is 2.35 bits per heavy atom. The maximum Gasteiger partial charge on any atom is 0.210 e. The topological polar surface area (TPSA) is 200 Å². The molecule has 4 aromatic rings. The van der Waals surface area contributed by atoms with Gasteiger partial charge < -0.3 is 50.3 Å². The van der Waals surface area contributed by atoms with Crippen LogP contribution in [0.15, 0.2) is 78.6 Å². The van der Waals surface area contributed by atoms with Gasteiger partial charge in [-0.15, -0.1) is 0 Å². The van der Waals surface area contributed by atoms with Crippen molar-refractivity contribution in [2.45, 2.75) is 43.1 Å². The normalized spacial score (nSPS) is 23.7. The van der Waals surface area contributed by atoms with Crippen molar-refractivity contribution in [3.8, 4) is 11.5 Å². The number of aliphatic hydroxyl groups is 4. The highest BCUT2D eigenvalue weighted by atomic mass is 35.5. The average molecular weight is 717 g/mol. The van der Waals surface area contributed by atoms with E-state index in [9.17, 15) is 25.2 Å². The summed E-state index contributed by atoms with van der Waals surface area (Å²) in [4.78, 5) is 17.2. The molecule has 9 N–H and O–H groups in total. The maximum atomic E-state index is 11.9. The number of carbonyl (C=O) groups excluding carboxylic acids is 1. The number of amides is 1. The van der Waals surface area contributed by atoms with Crippen molar-refractivity contribution in [1.29, 1.82) is 0 Å². The lowest BCUT2D eigenvalue weighted by Crippen LogP contribution is -2.63. The number of fused-ring (bicyclic) bond motifs is 3. The summed E-state index contributed by atoms with van der Waals surface area (Å²) in [5.74, 6) is 7.31. The summed E-state index contributed by atoms with van der Waals surface area (Å²) in [7, 11) is 1.63. The molecule has 262 valence electrons. The second-order valence-electron chi connectivity index (χ2n) is 11.6. The number of H-pyrrole nitrogens is 1. The van der Waals surface area contributed by atoms with Gasteiger partial charge >= 0.3 is 0 Å². The molecule has 2 aliphatic rings. The van der Waals surface area contributed by atoms with Crippen LogP contribution in [-0.4, -0.2) is 99.2 Å². The molecule has 13 nitrogen and oxygen atoms in total. The van der Waals surface area contributed by atoms with Crippen molar-refractivity contribution >= 4 is 40.5 Å². The van der Waals surface area contributed by atoms with E-state index in [1.807, 2.05) is 42.5 Å². The molecule has 6 unspecified atom stereocenters. The number of rotatable bonds is 9. The number of carbonyl (C=O) groups is 1. The number of methoxy groups -OCH3 is 1. The van der Waals surface area contributed by atoms with Gasteiger partial charge in [-0.3, -0.25) is 9.80 Å². The number of nitrogens with zero attached hydrogens (tertiary/aromatic N) is 2. The highest BCUT2D eigenvalue weighted by Gasteiger charge is 2.45. The van der Waals surface area contributed by atoms with Crippen LogP contribution in [0.4, 0.5) is 0 Å². The molecule has 2 aliphatic heterocycles.